The Morgan fingerprint density at radius 1 is 1.42 bits per heavy atom. The molecule has 104 valence electrons. The summed E-state index contributed by atoms with van der Waals surface area (Å²) < 4.78 is 5.69. The molecule has 2 unspecified atom stereocenters. The van der Waals surface area contributed by atoms with Crippen LogP contribution in [0.3, 0.4) is 0 Å². The third kappa shape index (κ3) is 3.80. The molecule has 2 atom stereocenters. The normalized spacial score (nSPS) is 24.4. The molecule has 19 heavy (non-hydrogen) atoms. The maximum absolute atomic E-state index is 9.22. The highest BCUT2D eigenvalue weighted by atomic mass is 16.5. The first-order valence-corrected chi connectivity index (χ1v) is 6.90. The van der Waals surface area contributed by atoms with Crippen LogP contribution in [-0.2, 0) is 11.3 Å². The molecule has 0 radical (unpaired) electrons. The van der Waals surface area contributed by atoms with Gasteiger partial charge >= 0.3 is 7.12 Å². The molecule has 1 aromatic carbocycles. The monoisotopic (exact) mass is 263 g/mol. The maximum Gasteiger partial charge on any atom is 0.488 e. The van der Waals surface area contributed by atoms with Gasteiger partial charge in [0.15, 0.2) is 0 Å². The van der Waals surface area contributed by atoms with Crippen molar-refractivity contribution in [1.29, 1.82) is 0 Å². The third-order valence-electron chi connectivity index (χ3n) is 3.69. The zero-order valence-electron chi connectivity index (χ0n) is 11.6. The van der Waals surface area contributed by atoms with Gasteiger partial charge < -0.3 is 14.8 Å². The molecule has 5 heteroatoms. The van der Waals surface area contributed by atoms with Gasteiger partial charge in [0.25, 0.3) is 0 Å². The zero-order chi connectivity index (χ0) is 13.8. The van der Waals surface area contributed by atoms with Crippen LogP contribution in [0.4, 0.5) is 0 Å². The Hall–Kier alpha value is -0.875. The second kappa shape index (κ2) is 6.52. The minimum atomic E-state index is -1.40. The van der Waals surface area contributed by atoms with Gasteiger partial charge in [-0.2, -0.15) is 0 Å². The Morgan fingerprint density at radius 3 is 2.89 bits per heavy atom. The van der Waals surface area contributed by atoms with Gasteiger partial charge in [0.05, 0.1) is 12.7 Å². The van der Waals surface area contributed by atoms with Gasteiger partial charge in [-0.25, -0.2) is 0 Å². The molecular formula is C14H22BNO3. The van der Waals surface area contributed by atoms with Gasteiger partial charge in [-0.3, -0.25) is 4.90 Å². The van der Waals surface area contributed by atoms with Crippen LogP contribution in [-0.4, -0.2) is 47.4 Å². The molecule has 4 nitrogen and oxygen atoms in total. The van der Waals surface area contributed by atoms with Crippen molar-refractivity contribution in [3.63, 3.8) is 0 Å². The summed E-state index contributed by atoms with van der Waals surface area (Å²) in [6.07, 6.45) is 1.32. The highest BCUT2D eigenvalue weighted by Gasteiger charge is 2.25. The topological polar surface area (TPSA) is 52.9 Å². The molecule has 1 aliphatic heterocycles. The lowest BCUT2D eigenvalue weighted by Crippen LogP contribution is -2.48. The number of hydrogen-bond donors (Lipinski definition) is 2. The van der Waals surface area contributed by atoms with Crippen LogP contribution in [0.25, 0.3) is 0 Å². The lowest BCUT2D eigenvalue weighted by molar-refractivity contribution is -0.0591. The van der Waals surface area contributed by atoms with Gasteiger partial charge in [0, 0.05) is 19.1 Å². The number of hydrogen-bond acceptors (Lipinski definition) is 4. The molecule has 0 saturated carbocycles. The van der Waals surface area contributed by atoms with Crippen molar-refractivity contribution in [2.75, 3.05) is 13.2 Å². The number of benzene rings is 1. The number of rotatable bonds is 4. The highest BCUT2D eigenvalue weighted by molar-refractivity contribution is 6.58. The lowest BCUT2D eigenvalue weighted by atomic mass is 9.79. The summed E-state index contributed by atoms with van der Waals surface area (Å²) in [5, 5.41) is 18.4. The Morgan fingerprint density at radius 2 is 2.21 bits per heavy atom. The second-order valence-corrected chi connectivity index (χ2v) is 5.25. The summed E-state index contributed by atoms with van der Waals surface area (Å²) in [5.74, 6) is 0. The predicted octanol–water partition coefficient (Wildman–Crippen LogP) is 0.366. The number of morpholine rings is 1. The van der Waals surface area contributed by atoms with Gasteiger partial charge in [0.2, 0.25) is 0 Å². The summed E-state index contributed by atoms with van der Waals surface area (Å²) in [6.45, 7) is 6.79. The smallest absolute Gasteiger partial charge is 0.423 e. The molecule has 0 spiro atoms. The molecule has 1 saturated heterocycles. The summed E-state index contributed by atoms with van der Waals surface area (Å²) in [7, 11) is -1.40. The lowest BCUT2D eigenvalue weighted by Gasteiger charge is -2.38. The van der Waals surface area contributed by atoms with Gasteiger partial charge in [-0.15, -0.1) is 0 Å². The third-order valence-corrected chi connectivity index (χ3v) is 3.69. The quantitative estimate of drug-likeness (QED) is 0.770. The summed E-state index contributed by atoms with van der Waals surface area (Å²) in [6, 6.07) is 7.93. The van der Waals surface area contributed by atoms with E-state index in [0.717, 1.165) is 31.7 Å². The molecule has 0 aliphatic carbocycles. The van der Waals surface area contributed by atoms with E-state index in [4.69, 9.17) is 4.74 Å². The first-order chi connectivity index (χ1) is 9.10. The zero-order valence-corrected chi connectivity index (χ0v) is 11.6. The van der Waals surface area contributed by atoms with E-state index in [0.29, 0.717) is 11.5 Å². The largest absolute Gasteiger partial charge is 0.488 e. The standard InChI is InChI=1S/C14H22BNO3/c1-3-14-10-19-11(2)8-16(14)9-12-5-4-6-13(7-12)15(17)18/h4-7,11,14,17-18H,3,8-10H2,1-2H3. The Labute approximate surface area is 115 Å². The van der Waals surface area contributed by atoms with E-state index in [9.17, 15) is 10.0 Å². The molecule has 0 aromatic heterocycles. The van der Waals surface area contributed by atoms with Crippen molar-refractivity contribution in [1.82, 2.24) is 4.90 Å². The first-order valence-electron chi connectivity index (χ1n) is 6.90. The van der Waals surface area contributed by atoms with Crippen LogP contribution < -0.4 is 5.46 Å². The number of nitrogens with zero attached hydrogens (tertiary/aromatic N) is 1. The molecule has 0 bridgehead atoms. The SMILES string of the molecule is CCC1COC(C)CN1Cc1cccc(B(O)O)c1. The Bertz CT molecular complexity index is 413. The molecule has 2 N–H and O–H groups in total. The molecule has 1 heterocycles. The minimum absolute atomic E-state index is 0.259. The molecule has 1 aliphatic rings. The fraction of sp³-hybridized carbons (Fsp3) is 0.571. The van der Waals surface area contributed by atoms with Crippen LogP contribution in [0.5, 0.6) is 0 Å². The van der Waals surface area contributed by atoms with Crippen molar-refractivity contribution in [3.8, 4) is 0 Å². The van der Waals surface area contributed by atoms with E-state index in [1.807, 2.05) is 18.2 Å². The summed E-state index contributed by atoms with van der Waals surface area (Å²) in [4.78, 5) is 2.41. The predicted molar refractivity (Wildman–Crippen MR) is 76.2 cm³/mol. The molecule has 2 rings (SSSR count). The average Bonchev–Trinajstić information content (AvgIpc) is 2.39. The average molecular weight is 263 g/mol. The molecular weight excluding hydrogens is 241 g/mol. The Balaban J connectivity index is 2.08. The van der Waals surface area contributed by atoms with E-state index in [2.05, 4.69) is 18.7 Å². The van der Waals surface area contributed by atoms with Gasteiger partial charge in [-0.1, -0.05) is 31.2 Å². The molecule has 1 fully saturated rings. The van der Waals surface area contributed by atoms with Gasteiger partial charge in [-0.05, 0) is 24.4 Å². The van der Waals surface area contributed by atoms with E-state index in [-0.39, 0.29) is 6.10 Å². The summed E-state index contributed by atoms with van der Waals surface area (Å²) >= 11 is 0. The minimum Gasteiger partial charge on any atom is -0.423 e. The van der Waals surface area contributed by atoms with Crippen LogP contribution in [0.1, 0.15) is 25.8 Å². The van der Waals surface area contributed by atoms with E-state index >= 15 is 0 Å². The fourth-order valence-corrected chi connectivity index (χ4v) is 2.57. The van der Waals surface area contributed by atoms with Crippen molar-refractivity contribution in [2.45, 2.75) is 39.0 Å². The highest BCUT2D eigenvalue weighted by Crippen LogP contribution is 2.17. The molecule has 1 aromatic rings. The van der Waals surface area contributed by atoms with Crippen LogP contribution in [0.15, 0.2) is 24.3 Å². The fourth-order valence-electron chi connectivity index (χ4n) is 2.57. The number of ether oxygens (including phenoxy) is 1. The van der Waals surface area contributed by atoms with E-state index < -0.39 is 7.12 Å². The first kappa shape index (κ1) is 14.5. The van der Waals surface area contributed by atoms with Crippen LogP contribution >= 0.6 is 0 Å². The van der Waals surface area contributed by atoms with Crippen molar-refractivity contribution >= 4 is 12.6 Å². The Kier molecular flexibility index (Phi) is 4.99. The molecule has 0 amide bonds. The van der Waals surface area contributed by atoms with Crippen LogP contribution in [0.2, 0.25) is 0 Å². The van der Waals surface area contributed by atoms with E-state index in [1.54, 1.807) is 6.07 Å². The van der Waals surface area contributed by atoms with Crippen molar-refractivity contribution < 1.29 is 14.8 Å². The van der Waals surface area contributed by atoms with Gasteiger partial charge in [0.1, 0.15) is 0 Å². The summed E-state index contributed by atoms with van der Waals surface area (Å²) in [5.41, 5.74) is 1.66. The van der Waals surface area contributed by atoms with Crippen LogP contribution in [0, 0.1) is 0 Å². The second-order valence-electron chi connectivity index (χ2n) is 5.25. The van der Waals surface area contributed by atoms with Crippen molar-refractivity contribution in [3.05, 3.63) is 29.8 Å². The van der Waals surface area contributed by atoms with E-state index in [1.165, 1.54) is 0 Å². The van der Waals surface area contributed by atoms with Crippen molar-refractivity contribution in [2.24, 2.45) is 0 Å². The maximum atomic E-state index is 9.22.